The monoisotopic (exact) mass is 326 g/mol. The van der Waals surface area contributed by atoms with Gasteiger partial charge in [0.05, 0.1) is 0 Å². The van der Waals surface area contributed by atoms with Crippen molar-refractivity contribution in [3.05, 3.63) is 53.1 Å². The zero-order valence-corrected chi connectivity index (χ0v) is 14.5. The van der Waals surface area contributed by atoms with Gasteiger partial charge in [0, 0.05) is 24.0 Å². The number of benzene rings is 1. The van der Waals surface area contributed by atoms with Gasteiger partial charge in [-0.05, 0) is 24.3 Å². The van der Waals surface area contributed by atoms with Crippen LogP contribution in [0.15, 0.2) is 41.8 Å². The fourth-order valence-electron chi connectivity index (χ4n) is 2.70. The molecule has 2 heterocycles. The van der Waals surface area contributed by atoms with Gasteiger partial charge in [-0.3, -0.25) is 4.79 Å². The minimum Gasteiger partial charge on any atom is -0.337 e. The first-order chi connectivity index (χ1) is 11.0. The molecule has 0 radical (unpaired) electrons. The molecule has 0 aliphatic carbocycles. The largest absolute Gasteiger partial charge is 0.337 e. The average molecular weight is 326 g/mol. The molecule has 2 aromatic rings. The van der Waals surface area contributed by atoms with Crippen LogP contribution in [0.1, 0.15) is 48.7 Å². The Bertz CT molecular complexity index is 705. The first-order valence-electron chi connectivity index (χ1n) is 8.06. The summed E-state index contributed by atoms with van der Waals surface area (Å²) >= 11 is 1.53. The Morgan fingerprint density at radius 1 is 1.22 bits per heavy atom. The molecular weight excluding hydrogens is 304 g/mol. The zero-order chi connectivity index (χ0) is 16.4. The number of likely N-dealkylation sites (tertiary alicyclic amines) is 1. The van der Waals surface area contributed by atoms with Crippen molar-refractivity contribution in [2.75, 3.05) is 13.1 Å². The predicted octanol–water partition coefficient (Wildman–Crippen LogP) is 4.73. The number of hydrogen-bond acceptors (Lipinski definition) is 3. The van der Waals surface area contributed by atoms with Gasteiger partial charge in [0.25, 0.3) is 5.91 Å². The van der Waals surface area contributed by atoms with E-state index in [1.165, 1.54) is 22.5 Å². The van der Waals surface area contributed by atoms with Gasteiger partial charge < -0.3 is 4.90 Å². The Hall–Kier alpha value is -1.94. The molecule has 1 aliphatic rings. The van der Waals surface area contributed by atoms with Gasteiger partial charge in [-0.2, -0.15) is 0 Å². The minimum atomic E-state index is 0.0406. The number of carbonyl (C=O) groups excluding carboxylic acids is 1. The number of rotatable bonds is 3. The van der Waals surface area contributed by atoms with E-state index < -0.39 is 0 Å². The van der Waals surface area contributed by atoms with Crippen LogP contribution in [0.5, 0.6) is 0 Å². The van der Waals surface area contributed by atoms with E-state index in [0.29, 0.717) is 11.6 Å². The lowest BCUT2D eigenvalue weighted by atomic mass is 10.0. The van der Waals surface area contributed by atoms with E-state index in [2.05, 4.69) is 49.7 Å². The molecule has 1 fully saturated rings. The second kappa shape index (κ2) is 6.67. The third-order valence-electron chi connectivity index (χ3n) is 4.31. The lowest BCUT2D eigenvalue weighted by Crippen LogP contribution is -2.36. The summed E-state index contributed by atoms with van der Waals surface area (Å²) in [5.74, 6) is 0.560. The summed E-state index contributed by atoms with van der Waals surface area (Å²) in [4.78, 5) is 19.0. The Balaban J connectivity index is 1.74. The summed E-state index contributed by atoms with van der Waals surface area (Å²) in [6.45, 7) is 9.87. The summed E-state index contributed by atoms with van der Waals surface area (Å²) in [5, 5.41) is 2.78. The van der Waals surface area contributed by atoms with Crippen molar-refractivity contribution in [1.29, 1.82) is 0 Å². The molecule has 0 N–H and O–H groups in total. The van der Waals surface area contributed by atoms with E-state index >= 15 is 0 Å². The van der Waals surface area contributed by atoms with Crippen LogP contribution < -0.4 is 0 Å². The third-order valence-corrected chi connectivity index (χ3v) is 5.20. The fraction of sp³-hybridized carbons (Fsp3) is 0.368. The van der Waals surface area contributed by atoms with E-state index in [1.54, 1.807) is 0 Å². The van der Waals surface area contributed by atoms with Crippen LogP contribution in [0.4, 0.5) is 0 Å². The Labute approximate surface area is 141 Å². The highest BCUT2D eigenvalue weighted by atomic mass is 32.1. The second-order valence-electron chi connectivity index (χ2n) is 6.36. The molecular formula is C19H22N2OS. The van der Waals surface area contributed by atoms with Crippen LogP contribution in [0.25, 0.3) is 10.6 Å². The molecule has 0 bridgehead atoms. The second-order valence-corrected chi connectivity index (χ2v) is 7.21. The molecule has 0 saturated carbocycles. The van der Waals surface area contributed by atoms with Crippen molar-refractivity contribution < 1.29 is 4.79 Å². The number of thiazole rings is 1. The van der Waals surface area contributed by atoms with E-state index in [-0.39, 0.29) is 5.91 Å². The van der Waals surface area contributed by atoms with E-state index in [0.717, 1.165) is 36.5 Å². The molecule has 1 aromatic heterocycles. The van der Waals surface area contributed by atoms with Gasteiger partial charge in [0.1, 0.15) is 10.7 Å². The van der Waals surface area contributed by atoms with Gasteiger partial charge in [0.2, 0.25) is 0 Å². The number of amides is 1. The van der Waals surface area contributed by atoms with Gasteiger partial charge in [-0.25, -0.2) is 4.98 Å². The molecule has 1 aliphatic heterocycles. The van der Waals surface area contributed by atoms with Crippen LogP contribution in [0.3, 0.4) is 0 Å². The number of hydrogen-bond donors (Lipinski definition) is 0. The lowest BCUT2D eigenvalue weighted by molar-refractivity contribution is 0.0739. The molecule has 0 spiro atoms. The van der Waals surface area contributed by atoms with Crippen LogP contribution >= 0.6 is 11.3 Å². The van der Waals surface area contributed by atoms with Gasteiger partial charge in [-0.1, -0.05) is 50.3 Å². The SMILES string of the molecule is C=C1CCN(C(=O)c2csc(-c3ccc(C(C)C)cc3)n2)CC1. The van der Waals surface area contributed by atoms with Crippen molar-refractivity contribution >= 4 is 17.2 Å². The Kier molecular flexibility index (Phi) is 4.62. The van der Waals surface area contributed by atoms with Crippen molar-refractivity contribution in [1.82, 2.24) is 9.88 Å². The molecule has 0 unspecified atom stereocenters. The normalized spacial score (nSPS) is 15.3. The standard InChI is InChI=1S/C19H22N2OS/c1-13(2)15-4-6-16(7-5-15)18-20-17(12-23-18)19(22)21-10-8-14(3)9-11-21/h4-7,12-13H,3,8-11H2,1-2H3. The average Bonchev–Trinajstić information content (AvgIpc) is 3.05. The summed E-state index contributed by atoms with van der Waals surface area (Å²) in [5.41, 5.74) is 4.18. The van der Waals surface area contributed by atoms with E-state index in [1.807, 2.05) is 10.3 Å². The van der Waals surface area contributed by atoms with Crippen molar-refractivity contribution in [3.8, 4) is 10.6 Å². The van der Waals surface area contributed by atoms with Crippen molar-refractivity contribution in [2.24, 2.45) is 0 Å². The van der Waals surface area contributed by atoms with Crippen molar-refractivity contribution in [3.63, 3.8) is 0 Å². The van der Waals surface area contributed by atoms with Crippen LogP contribution in [-0.4, -0.2) is 28.9 Å². The summed E-state index contributed by atoms with van der Waals surface area (Å²) in [6, 6.07) is 8.46. The predicted molar refractivity (Wildman–Crippen MR) is 95.9 cm³/mol. The molecule has 120 valence electrons. The van der Waals surface area contributed by atoms with Gasteiger partial charge in [0.15, 0.2) is 0 Å². The first-order valence-corrected chi connectivity index (χ1v) is 8.94. The maximum Gasteiger partial charge on any atom is 0.273 e. The molecule has 4 heteroatoms. The fourth-order valence-corrected chi connectivity index (χ4v) is 3.50. The molecule has 1 aromatic carbocycles. The molecule has 3 rings (SSSR count). The maximum absolute atomic E-state index is 12.5. The number of aromatic nitrogens is 1. The molecule has 1 saturated heterocycles. The number of nitrogens with zero attached hydrogens (tertiary/aromatic N) is 2. The highest BCUT2D eigenvalue weighted by Crippen LogP contribution is 2.26. The topological polar surface area (TPSA) is 33.2 Å². The summed E-state index contributed by atoms with van der Waals surface area (Å²) in [7, 11) is 0. The molecule has 0 atom stereocenters. The van der Waals surface area contributed by atoms with Gasteiger partial charge in [-0.15, -0.1) is 11.3 Å². The van der Waals surface area contributed by atoms with Crippen LogP contribution in [-0.2, 0) is 0 Å². The zero-order valence-electron chi connectivity index (χ0n) is 13.7. The summed E-state index contributed by atoms with van der Waals surface area (Å²) < 4.78 is 0. The Morgan fingerprint density at radius 3 is 2.48 bits per heavy atom. The molecule has 23 heavy (non-hydrogen) atoms. The van der Waals surface area contributed by atoms with E-state index in [9.17, 15) is 4.79 Å². The molecule has 1 amide bonds. The highest BCUT2D eigenvalue weighted by molar-refractivity contribution is 7.13. The number of piperidine rings is 1. The first kappa shape index (κ1) is 15.9. The Morgan fingerprint density at radius 2 is 1.87 bits per heavy atom. The smallest absolute Gasteiger partial charge is 0.273 e. The summed E-state index contributed by atoms with van der Waals surface area (Å²) in [6.07, 6.45) is 1.80. The maximum atomic E-state index is 12.5. The number of carbonyl (C=O) groups is 1. The highest BCUT2D eigenvalue weighted by Gasteiger charge is 2.21. The van der Waals surface area contributed by atoms with Crippen LogP contribution in [0, 0.1) is 0 Å². The van der Waals surface area contributed by atoms with Gasteiger partial charge >= 0.3 is 0 Å². The van der Waals surface area contributed by atoms with Crippen LogP contribution in [0.2, 0.25) is 0 Å². The molecule has 3 nitrogen and oxygen atoms in total. The third kappa shape index (κ3) is 3.53. The quantitative estimate of drug-likeness (QED) is 0.764. The lowest BCUT2D eigenvalue weighted by Gasteiger charge is -2.27. The van der Waals surface area contributed by atoms with E-state index in [4.69, 9.17) is 0 Å². The van der Waals surface area contributed by atoms with Crippen molar-refractivity contribution in [2.45, 2.75) is 32.6 Å². The minimum absolute atomic E-state index is 0.0406.